The van der Waals surface area contributed by atoms with Gasteiger partial charge in [-0.25, -0.2) is 0 Å². The summed E-state index contributed by atoms with van der Waals surface area (Å²) in [5.41, 5.74) is 0.915. The molecule has 6 nitrogen and oxygen atoms in total. The minimum atomic E-state index is -0.442. The van der Waals surface area contributed by atoms with Crippen molar-refractivity contribution in [3.8, 4) is 11.8 Å². The number of nitrogens with one attached hydrogen (secondary N) is 2. The second kappa shape index (κ2) is 9.42. The minimum Gasteiger partial charge on any atom is -0.497 e. The summed E-state index contributed by atoms with van der Waals surface area (Å²) in [6.45, 7) is 2.40. The molecule has 1 atom stereocenters. The van der Waals surface area contributed by atoms with E-state index in [1.165, 1.54) is 6.20 Å². The van der Waals surface area contributed by atoms with Crippen molar-refractivity contribution in [3.63, 3.8) is 0 Å². The molecule has 0 aliphatic rings. The zero-order valence-electron chi connectivity index (χ0n) is 12.8. The van der Waals surface area contributed by atoms with Gasteiger partial charge in [-0.05, 0) is 31.0 Å². The Morgan fingerprint density at radius 1 is 1.45 bits per heavy atom. The number of aliphatic hydroxyl groups excluding tert-OH is 1. The highest BCUT2D eigenvalue weighted by Crippen LogP contribution is 2.17. The number of amides is 1. The van der Waals surface area contributed by atoms with E-state index in [4.69, 9.17) is 15.1 Å². The lowest BCUT2D eigenvalue weighted by Crippen LogP contribution is -2.28. The number of aliphatic hydroxyl groups is 1. The number of carbonyl (C=O) groups excluding carboxylic acids is 1. The van der Waals surface area contributed by atoms with E-state index in [1.807, 2.05) is 37.3 Å². The molecule has 1 aromatic carbocycles. The lowest BCUT2D eigenvalue weighted by atomic mass is 10.1. The van der Waals surface area contributed by atoms with E-state index in [2.05, 4.69) is 10.6 Å². The molecule has 22 heavy (non-hydrogen) atoms. The van der Waals surface area contributed by atoms with Crippen LogP contribution in [0, 0.1) is 11.3 Å². The lowest BCUT2D eigenvalue weighted by molar-refractivity contribution is -0.117. The third-order valence-electron chi connectivity index (χ3n) is 3.05. The van der Waals surface area contributed by atoms with Gasteiger partial charge in [-0.15, -0.1) is 0 Å². The van der Waals surface area contributed by atoms with E-state index in [0.29, 0.717) is 13.0 Å². The summed E-state index contributed by atoms with van der Waals surface area (Å²) >= 11 is 0. The van der Waals surface area contributed by atoms with Crippen molar-refractivity contribution in [2.45, 2.75) is 19.4 Å². The molecule has 1 rings (SSSR count). The van der Waals surface area contributed by atoms with E-state index < -0.39 is 5.91 Å². The number of methoxy groups -OCH3 is 1. The van der Waals surface area contributed by atoms with Crippen LogP contribution >= 0.6 is 0 Å². The zero-order chi connectivity index (χ0) is 16.4. The normalized spacial score (nSPS) is 12.2. The maximum Gasteiger partial charge on any atom is 0.263 e. The molecule has 0 aromatic heterocycles. The first-order valence-corrected chi connectivity index (χ1v) is 7.01. The maximum atomic E-state index is 12.0. The van der Waals surface area contributed by atoms with Crippen LogP contribution in [-0.2, 0) is 4.79 Å². The quantitative estimate of drug-likeness (QED) is 0.382. The molecule has 1 unspecified atom stereocenters. The van der Waals surface area contributed by atoms with Gasteiger partial charge in [-0.3, -0.25) is 4.79 Å². The average Bonchev–Trinajstić information content (AvgIpc) is 2.54. The summed E-state index contributed by atoms with van der Waals surface area (Å²) in [6.07, 6.45) is 1.92. The molecule has 0 saturated heterocycles. The Hall–Kier alpha value is -2.52. The number of ether oxygens (including phenoxy) is 1. The summed E-state index contributed by atoms with van der Waals surface area (Å²) < 4.78 is 5.08. The number of hydrogen-bond acceptors (Lipinski definition) is 5. The van der Waals surface area contributed by atoms with Gasteiger partial charge in [-0.2, -0.15) is 5.26 Å². The summed E-state index contributed by atoms with van der Waals surface area (Å²) in [4.78, 5) is 12.0. The van der Waals surface area contributed by atoms with Gasteiger partial charge in [0, 0.05) is 19.4 Å². The molecule has 3 N–H and O–H groups in total. The average molecular weight is 303 g/mol. The van der Waals surface area contributed by atoms with Crippen LogP contribution in [0.25, 0.3) is 0 Å². The third-order valence-corrected chi connectivity index (χ3v) is 3.05. The largest absolute Gasteiger partial charge is 0.497 e. The predicted molar refractivity (Wildman–Crippen MR) is 83.0 cm³/mol. The van der Waals surface area contributed by atoms with Crippen molar-refractivity contribution in [1.29, 1.82) is 5.26 Å². The summed E-state index contributed by atoms with van der Waals surface area (Å²) in [5, 5.41) is 23.3. The standard InChI is InChI=1S/C16H21N3O3/c1-12(13-4-6-15(22-2)7-5-13)19-16(21)14(10-17)11-18-8-3-9-20/h4-7,11-12,18,20H,3,8-9H2,1-2H3,(H,19,21)/b14-11-. The van der Waals surface area contributed by atoms with Gasteiger partial charge in [0.1, 0.15) is 17.4 Å². The maximum absolute atomic E-state index is 12.0. The molecule has 6 heteroatoms. The van der Waals surface area contributed by atoms with Gasteiger partial charge in [-0.1, -0.05) is 12.1 Å². The summed E-state index contributed by atoms with van der Waals surface area (Å²) in [6, 6.07) is 8.98. The molecule has 0 aliphatic carbocycles. The highest BCUT2D eigenvalue weighted by atomic mass is 16.5. The van der Waals surface area contributed by atoms with Crippen LogP contribution in [0.3, 0.4) is 0 Å². The highest BCUT2D eigenvalue weighted by Gasteiger charge is 2.13. The van der Waals surface area contributed by atoms with Crippen molar-refractivity contribution in [2.24, 2.45) is 0 Å². The van der Waals surface area contributed by atoms with Crippen LogP contribution in [0.2, 0.25) is 0 Å². The molecule has 118 valence electrons. The van der Waals surface area contributed by atoms with Gasteiger partial charge in [0.2, 0.25) is 0 Å². The minimum absolute atomic E-state index is 0.00157. The van der Waals surface area contributed by atoms with Crippen molar-refractivity contribution in [3.05, 3.63) is 41.6 Å². The first-order valence-electron chi connectivity index (χ1n) is 7.01. The van der Waals surface area contributed by atoms with Crippen LogP contribution in [-0.4, -0.2) is 31.3 Å². The van der Waals surface area contributed by atoms with Crippen molar-refractivity contribution in [2.75, 3.05) is 20.3 Å². The molecular formula is C16H21N3O3. The number of nitrogens with zero attached hydrogens (tertiary/aromatic N) is 1. The Kier molecular flexibility index (Phi) is 7.51. The zero-order valence-corrected chi connectivity index (χ0v) is 12.8. The molecule has 0 fully saturated rings. The second-order valence-corrected chi connectivity index (χ2v) is 4.67. The Morgan fingerprint density at radius 2 is 2.14 bits per heavy atom. The van der Waals surface area contributed by atoms with Crippen molar-refractivity contribution >= 4 is 5.91 Å². The summed E-state index contributed by atoms with van der Waals surface area (Å²) in [7, 11) is 1.59. The van der Waals surface area contributed by atoms with E-state index in [-0.39, 0.29) is 18.2 Å². The first kappa shape index (κ1) is 17.5. The Bertz CT molecular complexity index is 547. The molecule has 1 aromatic rings. The smallest absolute Gasteiger partial charge is 0.263 e. The Labute approximate surface area is 130 Å². The number of carbonyl (C=O) groups is 1. The fraction of sp³-hybridized carbons (Fsp3) is 0.375. The molecule has 0 bridgehead atoms. The molecule has 0 heterocycles. The topological polar surface area (TPSA) is 94.4 Å². The van der Waals surface area contributed by atoms with Crippen molar-refractivity contribution < 1.29 is 14.6 Å². The van der Waals surface area contributed by atoms with Gasteiger partial charge >= 0.3 is 0 Å². The number of rotatable bonds is 8. The summed E-state index contributed by atoms with van der Waals surface area (Å²) in [5.74, 6) is 0.301. The van der Waals surface area contributed by atoms with Gasteiger partial charge in [0.25, 0.3) is 5.91 Å². The number of nitriles is 1. The second-order valence-electron chi connectivity index (χ2n) is 4.67. The molecule has 1 amide bonds. The van der Waals surface area contributed by atoms with E-state index in [0.717, 1.165) is 11.3 Å². The van der Waals surface area contributed by atoms with Crippen LogP contribution in [0.15, 0.2) is 36.0 Å². The molecule has 0 aliphatic heterocycles. The molecule has 0 spiro atoms. The van der Waals surface area contributed by atoms with Crippen LogP contribution in [0.4, 0.5) is 0 Å². The Balaban J connectivity index is 2.62. The fourth-order valence-electron chi connectivity index (χ4n) is 1.75. The number of benzene rings is 1. The van der Waals surface area contributed by atoms with Crippen LogP contribution in [0.5, 0.6) is 5.75 Å². The Morgan fingerprint density at radius 3 is 2.68 bits per heavy atom. The monoisotopic (exact) mass is 303 g/mol. The SMILES string of the molecule is COc1ccc(C(C)NC(=O)/C(C#N)=C\NCCCO)cc1. The van der Waals surface area contributed by atoms with Crippen molar-refractivity contribution in [1.82, 2.24) is 10.6 Å². The first-order chi connectivity index (χ1) is 10.6. The van der Waals surface area contributed by atoms with Gasteiger partial charge in [0.15, 0.2) is 0 Å². The highest BCUT2D eigenvalue weighted by molar-refractivity contribution is 5.97. The lowest BCUT2D eigenvalue weighted by Gasteiger charge is -2.14. The molecule has 0 radical (unpaired) electrons. The molecular weight excluding hydrogens is 282 g/mol. The predicted octanol–water partition coefficient (Wildman–Crippen LogP) is 1.25. The van der Waals surface area contributed by atoms with Gasteiger partial charge < -0.3 is 20.5 Å². The van der Waals surface area contributed by atoms with E-state index in [9.17, 15) is 4.79 Å². The van der Waals surface area contributed by atoms with Crippen LogP contribution < -0.4 is 15.4 Å². The van der Waals surface area contributed by atoms with Crippen LogP contribution in [0.1, 0.15) is 24.9 Å². The van der Waals surface area contributed by atoms with Gasteiger partial charge in [0.05, 0.1) is 13.2 Å². The fourth-order valence-corrected chi connectivity index (χ4v) is 1.75. The third kappa shape index (κ3) is 5.46. The number of hydrogen-bond donors (Lipinski definition) is 3. The van der Waals surface area contributed by atoms with E-state index >= 15 is 0 Å². The van der Waals surface area contributed by atoms with E-state index in [1.54, 1.807) is 7.11 Å². The molecule has 0 saturated carbocycles.